The first-order valence-corrected chi connectivity index (χ1v) is 6.23. The quantitative estimate of drug-likeness (QED) is 0.803. The van der Waals surface area contributed by atoms with Crippen LogP contribution < -0.4 is 0 Å². The van der Waals surface area contributed by atoms with Crippen LogP contribution in [0.2, 0.25) is 0 Å². The standard InChI is InChI=1S/C14H17N3/c1-2-6-13(7-3-1)17-11-8-15-14(17)12-16-9-4-5-10-16/h1-3,6-8,11H,4-5,9-10,12H2. The summed E-state index contributed by atoms with van der Waals surface area (Å²) < 4.78 is 2.18. The minimum atomic E-state index is 0.960. The van der Waals surface area contributed by atoms with Gasteiger partial charge in [0, 0.05) is 18.1 Å². The van der Waals surface area contributed by atoms with Crippen LogP contribution in [0.1, 0.15) is 18.7 Å². The lowest BCUT2D eigenvalue weighted by molar-refractivity contribution is 0.321. The van der Waals surface area contributed by atoms with Crippen molar-refractivity contribution in [3.63, 3.8) is 0 Å². The highest BCUT2D eigenvalue weighted by molar-refractivity contribution is 5.32. The van der Waals surface area contributed by atoms with E-state index in [4.69, 9.17) is 0 Å². The first-order valence-electron chi connectivity index (χ1n) is 6.23. The fourth-order valence-corrected chi connectivity index (χ4v) is 2.42. The van der Waals surface area contributed by atoms with Gasteiger partial charge in [-0.25, -0.2) is 4.98 Å². The van der Waals surface area contributed by atoms with E-state index in [-0.39, 0.29) is 0 Å². The summed E-state index contributed by atoms with van der Waals surface area (Å²) in [5.41, 5.74) is 1.19. The van der Waals surface area contributed by atoms with Crippen LogP contribution in [0.15, 0.2) is 42.7 Å². The number of hydrogen-bond donors (Lipinski definition) is 0. The molecule has 1 aromatic heterocycles. The lowest BCUT2D eigenvalue weighted by atomic mass is 10.3. The number of likely N-dealkylation sites (tertiary alicyclic amines) is 1. The zero-order valence-electron chi connectivity index (χ0n) is 9.92. The number of rotatable bonds is 3. The molecule has 0 aliphatic carbocycles. The lowest BCUT2D eigenvalue weighted by Crippen LogP contribution is -2.20. The molecule has 17 heavy (non-hydrogen) atoms. The van der Waals surface area contributed by atoms with E-state index in [2.05, 4.69) is 38.7 Å². The minimum absolute atomic E-state index is 0.960. The average molecular weight is 227 g/mol. The molecule has 3 nitrogen and oxygen atoms in total. The van der Waals surface area contributed by atoms with Gasteiger partial charge in [0.25, 0.3) is 0 Å². The zero-order valence-corrected chi connectivity index (χ0v) is 9.92. The summed E-state index contributed by atoms with van der Waals surface area (Å²) in [6.45, 7) is 3.38. The third-order valence-corrected chi connectivity index (χ3v) is 3.32. The second-order valence-corrected chi connectivity index (χ2v) is 4.53. The monoisotopic (exact) mass is 227 g/mol. The molecule has 0 radical (unpaired) electrons. The molecule has 3 heteroatoms. The summed E-state index contributed by atoms with van der Waals surface area (Å²) in [7, 11) is 0. The molecule has 0 amide bonds. The molecule has 0 saturated carbocycles. The first-order chi connectivity index (χ1) is 8.43. The number of nitrogens with zero attached hydrogens (tertiary/aromatic N) is 3. The average Bonchev–Trinajstić information content (AvgIpc) is 3.02. The fourth-order valence-electron chi connectivity index (χ4n) is 2.42. The molecule has 0 unspecified atom stereocenters. The van der Waals surface area contributed by atoms with Gasteiger partial charge < -0.3 is 4.57 Å². The van der Waals surface area contributed by atoms with E-state index in [1.165, 1.54) is 31.6 Å². The van der Waals surface area contributed by atoms with Crippen molar-refractivity contribution >= 4 is 0 Å². The molecule has 0 spiro atoms. The molecular weight excluding hydrogens is 210 g/mol. The van der Waals surface area contributed by atoms with E-state index in [1.54, 1.807) is 0 Å². The van der Waals surface area contributed by atoms with Crippen LogP contribution in [-0.2, 0) is 6.54 Å². The molecule has 1 aromatic carbocycles. The Bertz CT molecular complexity index is 469. The van der Waals surface area contributed by atoms with E-state index in [9.17, 15) is 0 Å². The van der Waals surface area contributed by atoms with Gasteiger partial charge in [0.15, 0.2) is 0 Å². The molecule has 0 N–H and O–H groups in total. The van der Waals surface area contributed by atoms with Crippen LogP contribution in [-0.4, -0.2) is 27.5 Å². The zero-order chi connectivity index (χ0) is 11.5. The van der Waals surface area contributed by atoms with Crippen LogP contribution in [0.25, 0.3) is 5.69 Å². The van der Waals surface area contributed by atoms with Crippen molar-refractivity contribution in [2.75, 3.05) is 13.1 Å². The SMILES string of the molecule is c1ccc(-n2ccnc2CN2CCCC2)cc1. The highest BCUT2D eigenvalue weighted by Crippen LogP contribution is 2.15. The Morgan fingerprint density at radius 3 is 2.59 bits per heavy atom. The van der Waals surface area contributed by atoms with Crippen LogP contribution >= 0.6 is 0 Å². The Kier molecular flexibility index (Phi) is 2.92. The minimum Gasteiger partial charge on any atom is -0.303 e. The van der Waals surface area contributed by atoms with Crippen molar-refractivity contribution in [2.45, 2.75) is 19.4 Å². The molecule has 0 atom stereocenters. The fraction of sp³-hybridized carbons (Fsp3) is 0.357. The van der Waals surface area contributed by atoms with Crippen molar-refractivity contribution in [3.8, 4) is 5.69 Å². The van der Waals surface area contributed by atoms with Gasteiger partial charge in [-0.2, -0.15) is 0 Å². The number of para-hydroxylation sites is 1. The maximum absolute atomic E-state index is 4.48. The van der Waals surface area contributed by atoms with Crippen molar-refractivity contribution < 1.29 is 0 Å². The molecule has 2 aromatic rings. The number of aromatic nitrogens is 2. The molecule has 88 valence electrons. The van der Waals surface area contributed by atoms with Crippen LogP contribution in [0.5, 0.6) is 0 Å². The summed E-state index contributed by atoms with van der Waals surface area (Å²) >= 11 is 0. The number of imidazole rings is 1. The van der Waals surface area contributed by atoms with E-state index >= 15 is 0 Å². The summed E-state index contributed by atoms with van der Waals surface area (Å²) in [6, 6.07) is 10.4. The molecule has 3 rings (SSSR count). The third-order valence-electron chi connectivity index (χ3n) is 3.32. The maximum atomic E-state index is 4.48. The van der Waals surface area contributed by atoms with Gasteiger partial charge in [0.05, 0.1) is 6.54 Å². The highest BCUT2D eigenvalue weighted by Gasteiger charge is 2.14. The molecule has 1 fully saturated rings. The van der Waals surface area contributed by atoms with E-state index in [0.717, 1.165) is 12.4 Å². The second-order valence-electron chi connectivity index (χ2n) is 4.53. The summed E-state index contributed by atoms with van der Waals surface area (Å²) in [5.74, 6) is 1.14. The van der Waals surface area contributed by atoms with Gasteiger partial charge in [0.2, 0.25) is 0 Å². The summed E-state index contributed by atoms with van der Waals surface area (Å²) in [4.78, 5) is 6.95. The summed E-state index contributed by atoms with van der Waals surface area (Å²) in [6.07, 6.45) is 6.58. The predicted octanol–water partition coefficient (Wildman–Crippen LogP) is 2.47. The third kappa shape index (κ3) is 2.24. The topological polar surface area (TPSA) is 21.1 Å². The lowest BCUT2D eigenvalue weighted by Gasteiger charge is -2.15. The van der Waals surface area contributed by atoms with Gasteiger partial charge in [0.1, 0.15) is 5.82 Å². The van der Waals surface area contributed by atoms with Crippen LogP contribution in [0.4, 0.5) is 0 Å². The normalized spacial score (nSPS) is 16.5. The highest BCUT2D eigenvalue weighted by atomic mass is 15.2. The van der Waals surface area contributed by atoms with Crippen molar-refractivity contribution in [3.05, 3.63) is 48.5 Å². The van der Waals surface area contributed by atoms with E-state index in [0.29, 0.717) is 0 Å². The Hall–Kier alpha value is -1.61. The predicted molar refractivity (Wildman–Crippen MR) is 68.1 cm³/mol. The largest absolute Gasteiger partial charge is 0.303 e. The van der Waals surface area contributed by atoms with Crippen LogP contribution in [0, 0.1) is 0 Å². The van der Waals surface area contributed by atoms with Gasteiger partial charge >= 0.3 is 0 Å². The second kappa shape index (κ2) is 4.72. The van der Waals surface area contributed by atoms with Crippen molar-refractivity contribution in [1.29, 1.82) is 0 Å². The van der Waals surface area contributed by atoms with Crippen molar-refractivity contribution in [2.24, 2.45) is 0 Å². The van der Waals surface area contributed by atoms with Gasteiger partial charge in [-0.1, -0.05) is 18.2 Å². The smallest absolute Gasteiger partial charge is 0.127 e. The van der Waals surface area contributed by atoms with Gasteiger partial charge in [-0.3, -0.25) is 4.90 Å². The Morgan fingerprint density at radius 1 is 1.06 bits per heavy atom. The van der Waals surface area contributed by atoms with Crippen LogP contribution in [0.3, 0.4) is 0 Å². The summed E-state index contributed by atoms with van der Waals surface area (Å²) in [5, 5.41) is 0. The molecule has 1 aliphatic heterocycles. The van der Waals surface area contributed by atoms with E-state index in [1.807, 2.05) is 18.5 Å². The molecule has 2 heterocycles. The van der Waals surface area contributed by atoms with Gasteiger partial charge in [-0.15, -0.1) is 0 Å². The molecular formula is C14H17N3. The van der Waals surface area contributed by atoms with E-state index < -0.39 is 0 Å². The molecule has 1 saturated heterocycles. The Labute approximate surface area is 102 Å². The number of hydrogen-bond acceptors (Lipinski definition) is 2. The number of benzene rings is 1. The first kappa shape index (κ1) is 10.5. The Balaban J connectivity index is 1.84. The maximum Gasteiger partial charge on any atom is 0.127 e. The van der Waals surface area contributed by atoms with Gasteiger partial charge in [-0.05, 0) is 38.1 Å². The molecule has 0 bridgehead atoms. The Morgan fingerprint density at radius 2 is 1.82 bits per heavy atom. The molecule has 1 aliphatic rings. The van der Waals surface area contributed by atoms with Crippen molar-refractivity contribution in [1.82, 2.24) is 14.5 Å².